The number of ether oxygens (including phenoxy) is 2. The Morgan fingerprint density at radius 3 is 2.46 bits per heavy atom. The molecule has 2 aromatic rings. The maximum absolute atomic E-state index is 12.1. The minimum Gasteiger partial charge on any atom is -0.484 e. The first-order valence-corrected chi connectivity index (χ1v) is 10.2. The third-order valence-corrected chi connectivity index (χ3v) is 6.85. The van der Waals surface area contributed by atoms with Crippen molar-refractivity contribution >= 4 is 41.1 Å². The third kappa shape index (κ3) is 4.74. The fourth-order valence-electron chi connectivity index (χ4n) is 2.49. The largest absolute Gasteiger partial charge is 0.484 e. The van der Waals surface area contributed by atoms with Crippen LogP contribution >= 0.6 is 23.5 Å². The molecule has 0 radical (unpaired) electrons. The highest BCUT2D eigenvalue weighted by molar-refractivity contribution is 8.19. The highest BCUT2D eigenvalue weighted by Gasteiger charge is 2.18. The molecule has 7 heteroatoms. The molecule has 0 aromatic heterocycles. The van der Waals surface area contributed by atoms with E-state index in [9.17, 15) is 9.59 Å². The number of hydrogen-bond acceptors (Lipinski definition) is 6. The highest BCUT2D eigenvalue weighted by Crippen LogP contribution is 2.45. The van der Waals surface area contributed by atoms with Gasteiger partial charge in [-0.25, -0.2) is 4.79 Å². The Morgan fingerprint density at radius 1 is 1.08 bits per heavy atom. The third-order valence-electron chi connectivity index (χ3n) is 3.75. The van der Waals surface area contributed by atoms with Crippen LogP contribution in [-0.2, 0) is 9.53 Å². The van der Waals surface area contributed by atoms with E-state index in [0.29, 0.717) is 21.6 Å². The van der Waals surface area contributed by atoms with Crippen LogP contribution in [0.4, 0.5) is 5.69 Å². The number of hydrogen-bond donors (Lipinski definition) is 1. The molecule has 1 N–H and O–H groups in total. The number of rotatable bonds is 6. The van der Waals surface area contributed by atoms with Gasteiger partial charge in [-0.2, -0.15) is 0 Å². The lowest BCUT2D eigenvalue weighted by molar-refractivity contribution is -0.118. The van der Waals surface area contributed by atoms with Crippen molar-refractivity contribution in [2.75, 3.05) is 30.5 Å². The number of thioether (sulfide) groups is 2. The van der Waals surface area contributed by atoms with E-state index in [2.05, 4.69) is 5.32 Å². The van der Waals surface area contributed by atoms with Crippen LogP contribution in [0.1, 0.15) is 20.5 Å². The molecule has 26 heavy (non-hydrogen) atoms. The molecule has 0 unspecified atom stereocenters. The summed E-state index contributed by atoms with van der Waals surface area (Å²) >= 11 is 3.89. The number of esters is 1. The van der Waals surface area contributed by atoms with Gasteiger partial charge in [0.2, 0.25) is 0 Å². The Kier molecular flexibility index (Phi) is 6.46. The summed E-state index contributed by atoms with van der Waals surface area (Å²) in [6, 6.07) is 14.5. The highest BCUT2D eigenvalue weighted by atomic mass is 32.2. The number of anilines is 1. The van der Waals surface area contributed by atoms with E-state index >= 15 is 0 Å². The van der Waals surface area contributed by atoms with Crippen LogP contribution in [0.25, 0.3) is 0 Å². The second-order valence-electron chi connectivity index (χ2n) is 5.52. The van der Waals surface area contributed by atoms with E-state index in [0.717, 1.165) is 0 Å². The molecule has 1 aliphatic heterocycles. The number of amides is 1. The maximum Gasteiger partial charge on any atom is 0.339 e. The Hall–Kier alpha value is -2.12. The van der Waals surface area contributed by atoms with E-state index in [4.69, 9.17) is 9.47 Å². The maximum atomic E-state index is 12.1. The Morgan fingerprint density at radius 2 is 1.77 bits per heavy atom. The zero-order valence-corrected chi connectivity index (χ0v) is 15.9. The predicted molar refractivity (Wildman–Crippen MR) is 106 cm³/mol. The smallest absolute Gasteiger partial charge is 0.339 e. The molecule has 136 valence electrons. The van der Waals surface area contributed by atoms with Gasteiger partial charge in [-0.05, 0) is 29.8 Å². The summed E-state index contributed by atoms with van der Waals surface area (Å²) < 4.78 is 10.7. The summed E-state index contributed by atoms with van der Waals surface area (Å²) in [4.78, 5) is 23.9. The van der Waals surface area contributed by atoms with Gasteiger partial charge in [0.15, 0.2) is 6.61 Å². The monoisotopic (exact) mass is 389 g/mol. The van der Waals surface area contributed by atoms with Gasteiger partial charge in [-0.15, -0.1) is 23.5 Å². The van der Waals surface area contributed by atoms with E-state index in [1.165, 1.54) is 24.2 Å². The van der Waals surface area contributed by atoms with Crippen LogP contribution < -0.4 is 10.1 Å². The number of benzene rings is 2. The zero-order valence-electron chi connectivity index (χ0n) is 14.3. The summed E-state index contributed by atoms with van der Waals surface area (Å²) in [5.74, 6) is 2.16. The fourth-order valence-corrected chi connectivity index (χ4v) is 5.35. The summed E-state index contributed by atoms with van der Waals surface area (Å²) in [6.07, 6.45) is 0. The van der Waals surface area contributed by atoms with Gasteiger partial charge in [0.1, 0.15) is 5.75 Å². The zero-order chi connectivity index (χ0) is 18.4. The van der Waals surface area contributed by atoms with Gasteiger partial charge < -0.3 is 14.8 Å². The molecule has 3 rings (SSSR count). The number of methoxy groups -OCH3 is 1. The summed E-state index contributed by atoms with van der Waals surface area (Å²) in [5, 5.41) is 2.68. The molecule has 1 fully saturated rings. The van der Waals surface area contributed by atoms with Crippen molar-refractivity contribution in [2.24, 2.45) is 0 Å². The van der Waals surface area contributed by atoms with Gasteiger partial charge in [-0.1, -0.05) is 24.3 Å². The quantitative estimate of drug-likeness (QED) is 0.754. The van der Waals surface area contributed by atoms with Crippen molar-refractivity contribution in [3.05, 3.63) is 59.7 Å². The van der Waals surface area contributed by atoms with Gasteiger partial charge >= 0.3 is 5.97 Å². The van der Waals surface area contributed by atoms with E-state index in [1.54, 1.807) is 24.3 Å². The van der Waals surface area contributed by atoms with Crippen LogP contribution in [0.3, 0.4) is 0 Å². The van der Waals surface area contributed by atoms with E-state index in [-0.39, 0.29) is 12.5 Å². The molecule has 2 aromatic carbocycles. The van der Waals surface area contributed by atoms with Gasteiger partial charge in [0.25, 0.3) is 5.91 Å². The summed E-state index contributed by atoms with van der Waals surface area (Å²) in [5.41, 5.74) is 1.97. The number of carbonyl (C=O) groups excluding carboxylic acids is 2. The van der Waals surface area contributed by atoms with Crippen LogP contribution in [0.15, 0.2) is 48.5 Å². The number of carbonyl (C=O) groups is 2. The van der Waals surface area contributed by atoms with E-state index in [1.807, 2.05) is 47.8 Å². The first-order chi connectivity index (χ1) is 12.7. The minimum absolute atomic E-state index is 0.137. The lowest BCUT2D eigenvalue weighted by Crippen LogP contribution is -2.21. The molecule has 1 saturated heterocycles. The molecule has 0 aliphatic carbocycles. The molecular weight excluding hydrogens is 370 g/mol. The molecule has 0 atom stereocenters. The van der Waals surface area contributed by atoms with Gasteiger partial charge in [-0.3, -0.25) is 4.79 Å². The number of para-hydroxylation sites is 1. The van der Waals surface area contributed by atoms with Gasteiger partial charge in [0, 0.05) is 11.5 Å². The predicted octanol–water partition coefficient (Wildman–Crippen LogP) is 3.97. The normalized spacial score (nSPS) is 14.0. The van der Waals surface area contributed by atoms with Crippen molar-refractivity contribution in [3.8, 4) is 5.75 Å². The SMILES string of the molecule is COC(=O)c1ccccc1NC(=O)COc1ccc(C2SCCS2)cc1. The van der Waals surface area contributed by atoms with Crippen LogP contribution in [-0.4, -0.2) is 37.1 Å². The van der Waals surface area contributed by atoms with Crippen molar-refractivity contribution in [2.45, 2.75) is 4.58 Å². The molecule has 0 bridgehead atoms. The molecular formula is C19H19NO4S2. The van der Waals surface area contributed by atoms with Crippen molar-refractivity contribution in [1.29, 1.82) is 0 Å². The Labute approximate surface area is 160 Å². The fraction of sp³-hybridized carbons (Fsp3) is 0.263. The van der Waals surface area contributed by atoms with Crippen molar-refractivity contribution < 1.29 is 19.1 Å². The average molecular weight is 389 g/mol. The molecule has 1 amide bonds. The molecule has 5 nitrogen and oxygen atoms in total. The Bertz CT molecular complexity index is 773. The summed E-state index contributed by atoms with van der Waals surface area (Å²) in [6.45, 7) is -0.137. The van der Waals surface area contributed by atoms with Crippen LogP contribution in [0.5, 0.6) is 5.75 Å². The molecule has 0 spiro atoms. The second kappa shape index (κ2) is 9.00. The molecule has 1 heterocycles. The second-order valence-corrected chi connectivity index (χ2v) is 8.24. The minimum atomic E-state index is -0.500. The summed E-state index contributed by atoms with van der Waals surface area (Å²) in [7, 11) is 1.30. The lowest BCUT2D eigenvalue weighted by atomic mass is 10.2. The van der Waals surface area contributed by atoms with Crippen LogP contribution in [0.2, 0.25) is 0 Å². The first-order valence-electron chi connectivity index (χ1n) is 8.10. The standard InChI is InChI=1S/C19H19NO4S2/c1-23-18(22)15-4-2-3-5-16(15)20-17(21)12-24-14-8-6-13(7-9-14)19-25-10-11-26-19/h2-9,19H,10-12H2,1H3,(H,20,21). The molecule has 1 aliphatic rings. The van der Waals surface area contributed by atoms with Crippen molar-refractivity contribution in [3.63, 3.8) is 0 Å². The number of nitrogens with one attached hydrogen (secondary N) is 1. The van der Waals surface area contributed by atoms with Crippen molar-refractivity contribution in [1.82, 2.24) is 0 Å². The molecule has 0 saturated carbocycles. The van der Waals surface area contributed by atoms with E-state index < -0.39 is 5.97 Å². The first kappa shape index (κ1) is 18.7. The van der Waals surface area contributed by atoms with Crippen LogP contribution in [0, 0.1) is 0 Å². The average Bonchev–Trinajstić information content (AvgIpc) is 3.21. The lowest BCUT2D eigenvalue weighted by Gasteiger charge is -2.12. The topological polar surface area (TPSA) is 64.6 Å². The Balaban J connectivity index is 1.55. The van der Waals surface area contributed by atoms with Gasteiger partial charge in [0.05, 0.1) is 22.9 Å².